The first-order chi connectivity index (χ1) is 10.6. The van der Waals surface area contributed by atoms with E-state index in [1.807, 2.05) is 30.3 Å². The third-order valence-electron chi connectivity index (χ3n) is 3.03. The molecule has 0 bridgehead atoms. The van der Waals surface area contributed by atoms with Gasteiger partial charge in [0.1, 0.15) is 12.4 Å². The van der Waals surface area contributed by atoms with Crippen molar-refractivity contribution in [2.45, 2.75) is 16.3 Å². The fraction of sp³-hybridized carbons (Fsp3) is 0.222. The van der Waals surface area contributed by atoms with Gasteiger partial charge in [-0.25, -0.2) is 0 Å². The van der Waals surface area contributed by atoms with E-state index in [-0.39, 0.29) is 0 Å². The minimum atomic E-state index is 0.513. The van der Waals surface area contributed by atoms with Crippen molar-refractivity contribution in [2.75, 3.05) is 26.4 Å². The molecule has 0 fully saturated rings. The molecule has 22 heavy (non-hydrogen) atoms. The molecule has 2 N–H and O–H groups in total. The summed E-state index contributed by atoms with van der Waals surface area (Å²) in [5.41, 5.74) is 8.07. The van der Waals surface area contributed by atoms with Gasteiger partial charge in [-0.1, -0.05) is 36.5 Å². The molecule has 0 spiro atoms. The molecule has 0 unspecified atom stereocenters. The molecule has 2 rings (SSSR count). The van der Waals surface area contributed by atoms with Gasteiger partial charge in [-0.15, -0.1) is 0 Å². The van der Waals surface area contributed by atoms with Crippen molar-refractivity contribution in [2.24, 2.45) is 0 Å². The SMILES string of the molecule is C=CCOc1ccc(Sc2ccccc2N)c(CN(C)C)c1. The molecule has 0 saturated carbocycles. The fourth-order valence-corrected chi connectivity index (χ4v) is 3.02. The summed E-state index contributed by atoms with van der Waals surface area (Å²) in [6.07, 6.45) is 1.75. The first kappa shape index (κ1) is 16.5. The zero-order chi connectivity index (χ0) is 15.9. The van der Waals surface area contributed by atoms with Crippen LogP contribution in [-0.4, -0.2) is 25.6 Å². The predicted octanol–water partition coefficient (Wildman–Crippen LogP) is 4.05. The van der Waals surface area contributed by atoms with Gasteiger partial charge in [0.05, 0.1) is 0 Å². The molecule has 0 radical (unpaired) electrons. The topological polar surface area (TPSA) is 38.5 Å². The average Bonchev–Trinajstić information content (AvgIpc) is 2.49. The van der Waals surface area contributed by atoms with Crippen LogP contribution in [0.2, 0.25) is 0 Å². The van der Waals surface area contributed by atoms with Crippen LogP contribution in [0.15, 0.2) is 64.9 Å². The summed E-state index contributed by atoms with van der Waals surface area (Å²) in [5.74, 6) is 0.863. The van der Waals surface area contributed by atoms with Crippen LogP contribution in [0.3, 0.4) is 0 Å². The lowest BCUT2D eigenvalue weighted by atomic mass is 10.2. The molecule has 0 saturated heterocycles. The van der Waals surface area contributed by atoms with Crippen LogP contribution < -0.4 is 10.5 Å². The Bertz CT molecular complexity index is 641. The molecular formula is C18H22N2OS. The summed E-state index contributed by atoms with van der Waals surface area (Å²) < 4.78 is 5.64. The maximum absolute atomic E-state index is 6.05. The van der Waals surface area contributed by atoms with Crippen LogP contribution in [0.4, 0.5) is 5.69 Å². The molecule has 0 aliphatic carbocycles. The van der Waals surface area contributed by atoms with Gasteiger partial charge in [0.2, 0.25) is 0 Å². The Hall–Kier alpha value is -1.91. The molecule has 0 atom stereocenters. The number of nitrogen functional groups attached to an aromatic ring is 1. The van der Waals surface area contributed by atoms with Gasteiger partial charge in [-0.3, -0.25) is 0 Å². The lowest BCUT2D eigenvalue weighted by Crippen LogP contribution is -2.11. The molecule has 0 aromatic heterocycles. The summed E-state index contributed by atoms with van der Waals surface area (Å²) in [4.78, 5) is 4.41. The number of hydrogen-bond acceptors (Lipinski definition) is 4. The molecule has 2 aromatic rings. The van der Waals surface area contributed by atoms with E-state index in [2.05, 4.69) is 37.7 Å². The second-order valence-corrected chi connectivity index (χ2v) is 6.33. The molecule has 0 aliphatic heterocycles. The summed E-state index contributed by atoms with van der Waals surface area (Å²) in [6.45, 7) is 5.04. The second-order valence-electron chi connectivity index (χ2n) is 5.25. The van der Waals surface area contributed by atoms with Crippen molar-refractivity contribution in [1.29, 1.82) is 0 Å². The number of benzene rings is 2. The van der Waals surface area contributed by atoms with Crippen molar-refractivity contribution in [1.82, 2.24) is 4.90 Å². The predicted molar refractivity (Wildman–Crippen MR) is 94.5 cm³/mol. The number of hydrogen-bond donors (Lipinski definition) is 1. The normalized spacial score (nSPS) is 10.7. The van der Waals surface area contributed by atoms with Gasteiger partial charge in [-0.2, -0.15) is 0 Å². The zero-order valence-electron chi connectivity index (χ0n) is 13.1. The van der Waals surface area contributed by atoms with E-state index in [1.54, 1.807) is 17.8 Å². The number of anilines is 1. The van der Waals surface area contributed by atoms with Crippen molar-refractivity contribution in [3.8, 4) is 5.75 Å². The third kappa shape index (κ3) is 4.55. The molecular weight excluding hydrogens is 292 g/mol. The Morgan fingerprint density at radius 2 is 1.95 bits per heavy atom. The molecule has 2 aromatic carbocycles. The van der Waals surface area contributed by atoms with Crippen molar-refractivity contribution >= 4 is 17.4 Å². The Morgan fingerprint density at radius 1 is 1.18 bits per heavy atom. The number of ether oxygens (including phenoxy) is 1. The molecule has 0 aliphatic rings. The third-order valence-corrected chi connectivity index (χ3v) is 4.24. The van der Waals surface area contributed by atoms with E-state index in [0.29, 0.717) is 6.61 Å². The fourth-order valence-electron chi connectivity index (χ4n) is 2.06. The van der Waals surface area contributed by atoms with Crippen molar-refractivity contribution in [3.05, 3.63) is 60.7 Å². The van der Waals surface area contributed by atoms with Crippen LogP contribution in [0, 0.1) is 0 Å². The maximum atomic E-state index is 6.05. The molecule has 116 valence electrons. The van der Waals surface area contributed by atoms with Gasteiger partial charge in [0.15, 0.2) is 0 Å². The largest absolute Gasteiger partial charge is 0.490 e. The highest BCUT2D eigenvalue weighted by molar-refractivity contribution is 7.99. The van der Waals surface area contributed by atoms with E-state index in [1.165, 1.54) is 10.5 Å². The summed E-state index contributed by atoms with van der Waals surface area (Å²) >= 11 is 1.69. The van der Waals surface area contributed by atoms with Gasteiger partial charge in [0.25, 0.3) is 0 Å². The number of nitrogens with two attached hydrogens (primary N) is 1. The smallest absolute Gasteiger partial charge is 0.120 e. The van der Waals surface area contributed by atoms with Gasteiger partial charge < -0.3 is 15.4 Å². The monoisotopic (exact) mass is 314 g/mol. The van der Waals surface area contributed by atoms with Gasteiger partial charge in [-0.05, 0) is 50.0 Å². The van der Waals surface area contributed by atoms with Crippen LogP contribution in [0.5, 0.6) is 5.75 Å². The van der Waals surface area contributed by atoms with Crippen molar-refractivity contribution in [3.63, 3.8) is 0 Å². The van der Waals surface area contributed by atoms with Gasteiger partial charge in [0, 0.05) is 22.0 Å². The van der Waals surface area contributed by atoms with E-state index >= 15 is 0 Å². The van der Waals surface area contributed by atoms with Gasteiger partial charge >= 0.3 is 0 Å². The van der Waals surface area contributed by atoms with Crippen LogP contribution in [0.25, 0.3) is 0 Å². The lowest BCUT2D eigenvalue weighted by molar-refractivity contribution is 0.359. The van der Waals surface area contributed by atoms with E-state index in [0.717, 1.165) is 22.9 Å². The maximum Gasteiger partial charge on any atom is 0.120 e. The van der Waals surface area contributed by atoms with Crippen LogP contribution >= 0.6 is 11.8 Å². The van der Waals surface area contributed by atoms with E-state index < -0.39 is 0 Å². The second kappa shape index (κ2) is 7.92. The lowest BCUT2D eigenvalue weighted by Gasteiger charge is -2.16. The summed E-state index contributed by atoms with van der Waals surface area (Å²) in [5, 5.41) is 0. The highest BCUT2D eigenvalue weighted by atomic mass is 32.2. The number of rotatable bonds is 7. The first-order valence-electron chi connectivity index (χ1n) is 7.14. The summed E-state index contributed by atoms with van der Waals surface area (Å²) in [7, 11) is 4.12. The highest BCUT2D eigenvalue weighted by Crippen LogP contribution is 2.35. The number of para-hydroxylation sites is 1. The minimum Gasteiger partial charge on any atom is -0.490 e. The van der Waals surface area contributed by atoms with Crippen LogP contribution in [-0.2, 0) is 6.54 Å². The van der Waals surface area contributed by atoms with E-state index in [4.69, 9.17) is 10.5 Å². The van der Waals surface area contributed by atoms with Crippen LogP contribution in [0.1, 0.15) is 5.56 Å². The van der Waals surface area contributed by atoms with E-state index in [9.17, 15) is 0 Å². The summed E-state index contributed by atoms with van der Waals surface area (Å²) in [6, 6.07) is 14.1. The Labute approximate surface area is 136 Å². The standard InChI is InChI=1S/C18H22N2OS/c1-4-11-21-15-9-10-17(14(12-15)13-20(2)3)22-18-8-6-5-7-16(18)19/h4-10,12H,1,11,13,19H2,2-3H3. The quantitative estimate of drug-likeness (QED) is 0.618. The highest BCUT2D eigenvalue weighted by Gasteiger charge is 2.09. The minimum absolute atomic E-state index is 0.513. The Balaban J connectivity index is 2.28. The zero-order valence-corrected chi connectivity index (χ0v) is 13.9. The number of nitrogens with zero attached hydrogens (tertiary/aromatic N) is 1. The van der Waals surface area contributed by atoms with Crippen molar-refractivity contribution < 1.29 is 4.74 Å². The molecule has 3 nitrogen and oxygen atoms in total. The molecule has 0 amide bonds. The first-order valence-corrected chi connectivity index (χ1v) is 7.95. The Kier molecular flexibility index (Phi) is 5.92. The Morgan fingerprint density at radius 3 is 2.64 bits per heavy atom. The molecule has 4 heteroatoms. The molecule has 0 heterocycles. The average molecular weight is 314 g/mol.